The molecule has 168 valence electrons. The van der Waals surface area contributed by atoms with E-state index in [-0.39, 0.29) is 18.1 Å². The standard InChI is InChI=1S/C21H25ClFN3O4S/c1-4-19(21(28)24-2)25(13-15-8-5-6-11-18(15)22)20(27)14-26(31(3,29)30)17-10-7-9-16(23)12-17/h5-12,19H,4,13-14H2,1-3H3,(H,24,28)/t19-/m1/s1. The second kappa shape index (κ2) is 10.6. The molecule has 0 aliphatic rings. The van der Waals surface area contributed by atoms with E-state index in [0.717, 1.165) is 16.6 Å². The minimum Gasteiger partial charge on any atom is -0.357 e. The molecule has 2 amide bonds. The summed E-state index contributed by atoms with van der Waals surface area (Å²) in [5.41, 5.74) is 0.623. The highest BCUT2D eigenvalue weighted by atomic mass is 35.5. The van der Waals surface area contributed by atoms with Gasteiger partial charge in [-0.15, -0.1) is 0 Å². The van der Waals surface area contributed by atoms with Crippen molar-refractivity contribution in [2.45, 2.75) is 25.9 Å². The van der Waals surface area contributed by atoms with E-state index in [9.17, 15) is 22.4 Å². The van der Waals surface area contributed by atoms with Gasteiger partial charge < -0.3 is 10.2 Å². The largest absolute Gasteiger partial charge is 0.357 e. The monoisotopic (exact) mass is 469 g/mol. The maximum atomic E-state index is 13.7. The number of amides is 2. The number of hydrogen-bond donors (Lipinski definition) is 1. The number of nitrogens with one attached hydrogen (secondary N) is 1. The molecule has 7 nitrogen and oxygen atoms in total. The highest BCUT2D eigenvalue weighted by Crippen LogP contribution is 2.22. The van der Waals surface area contributed by atoms with Crippen LogP contribution in [0, 0.1) is 5.82 Å². The Morgan fingerprint density at radius 1 is 1.16 bits per heavy atom. The van der Waals surface area contributed by atoms with E-state index in [1.165, 1.54) is 30.1 Å². The van der Waals surface area contributed by atoms with Gasteiger partial charge in [0.15, 0.2) is 0 Å². The molecule has 2 aromatic rings. The number of halogens is 2. The van der Waals surface area contributed by atoms with Gasteiger partial charge in [-0.2, -0.15) is 0 Å². The summed E-state index contributed by atoms with van der Waals surface area (Å²) in [6.45, 7) is 1.15. The molecule has 0 aliphatic carbocycles. The molecule has 0 heterocycles. The van der Waals surface area contributed by atoms with Crippen LogP contribution in [0.3, 0.4) is 0 Å². The molecule has 0 fully saturated rings. The minimum atomic E-state index is -3.91. The van der Waals surface area contributed by atoms with Gasteiger partial charge in [0.05, 0.1) is 11.9 Å². The van der Waals surface area contributed by atoms with E-state index < -0.39 is 34.3 Å². The van der Waals surface area contributed by atoms with Crippen LogP contribution < -0.4 is 9.62 Å². The molecule has 1 atom stereocenters. The fraction of sp³-hybridized carbons (Fsp3) is 0.333. The van der Waals surface area contributed by atoms with Gasteiger partial charge in [0.1, 0.15) is 18.4 Å². The van der Waals surface area contributed by atoms with Gasteiger partial charge >= 0.3 is 0 Å². The summed E-state index contributed by atoms with van der Waals surface area (Å²) in [7, 11) is -2.45. The summed E-state index contributed by atoms with van der Waals surface area (Å²) in [5.74, 6) is -1.65. The summed E-state index contributed by atoms with van der Waals surface area (Å²) in [5, 5.41) is 2.94. The Morgan fingerprint density at radius 3 is 2.39 bits per heavy atom. The molecule has 10 heteroatoms. The minimum absolute atomic E-state index is 0.00514. The first-order chi connectivity index (χ1) is 14.6. The maximum Gasteiger partial charge on any atom is 0.244 e. The molecular formula is C21H25ClFN3O4S. The van der Waals surface area contributed by atoms with Crippen LogP contribution in [0.1, 0.15) is 18.9 Å². The molecule has 0 aliphatic heterocycles. The lowest BCUT2D eigenvalue weighted by Gasteiger charge is -2.32. The highest BCUT2D eigenvalue weighted by molar-refractivity contribution is 7.92. The van der Waals surface area contributed by atoms with E-state index in [4.69, 9.17) is 11.6 Å². The lowest BCUT2D eigenvalue weighted by Crippen LogP contribution is -2.51. The number of carbonyl (C=O) groups excluding carboxylic acids is 2. The third kappa shape index (κ3) is 6.41. The van der Waals surface area contributed by atoms with Crippen molar-refractivity contribution in [3.05, 3.63) is 64.9 Å². The average Bonchev–Trinajstić information content (AvgIpc) is 2.71. The van der Waals surface area contributed by atoms with Crippen molar-refractivity contribution in [1.82, 2.24) is 10.2 Å². The van der Waals surface area contributed by atoms with Crippen LogP contribution in [0.15, 0.2) is 48.5 Å². The van der Waals surface area contributed by atoms with E-state index in [1.807, 2.05) is 0 Å². The Bertz CT molecular complexity index is 1050. The first-order valence-electron chi connectivity index (χ1n) is 9.56. The first kappa shape index (κ1) is 24.6. The predicted octanol–water partition coefficient (Wildman–Crippen LogP) is 2.80. The zero-order valence-corrected chi connectivity index (χ0v) is 19.1. The van der Waals surface area contributed by atoms with Crippen LogP contribution in [0.25, 0.3) is 0 Å². The number of anilines is 1. The predicted molar refractivity (Wildman–Crippen MR) is 119 cm³/mol. The Labute approximate surface area is 186 Å². The smallest absolute Gasteiger partial charge is 0.244 e. The number of rotatable bonds is 9. The van der Waals surface area contributed by atoms with Crippen molar-refractivity contribution in [2.75, 3.05) is 24.2 Å². The summed E-state index contributed by atoms with van der Waals surface area (Å²) < 4.78 is 39.3. The van der Waals surface area contributed by atoms with E-state index in [2.05, 4.69) is 5.32 Å². The lowest BCUT2D eigenvalue weighted by atomic mass is 10.1. The second-order valence-electron chi connectivity index (χ2n) is 6.90. The van der Waals surface area contributed by atoms with Crippen molar-refractivity contribution in [3.8, 4) is 0 Å². The number of carbonyl (C=O) groups is 2. The van der Waals surface area contributed by atoms with Crippen LogP contribution >= 0.6 is 11.6 Å². The third-order valence-electron chi connectivity index (χ3n) is 4.71. The molecule has 0 radical (unpaired) electrons. The SMILES string of the molecule is CC[C@H](C(=O)NC)N(Cc1ccccc1Cl)C(=O)CN(c1cccc(F)c1)S(C)(=O)=O. The number of nitrogens with zero attached hydrogens (tertiary/aromatic N) is 2. The average molecular weight is 470 g/mol. The maximum absolute atomic E-state index is 13.7. The van der Waals surface area contributed by atoms with Crippen LogP contribution in [-0.2, 0) is 26.2 Å². The van der Waals surface area contributed by atoms with E-state index in [1.54, 1.807) is 31.2 Å². The summed E-state index contributed by atoms with van der Waals surface area (Å²) >= 11 is 6.24. The molecule has 31 heavy (non-hydrogen) atoms. The Hall–Kier alpha value is -2.65. The number of likely N-dealkylation sites (N-methyl/N-ethyl adjacent to an activating group) is 1. The lowest BCUT2D eigenvalue weighted by molar-refractivity contribution is -0.140. The van der Waals surface area contributed by atoms with Gasteiger partial charge in [-0.05, 0) is 36.2 Å². The van der Waals surface area contributed by atoms with Crippen molar-refractivity contribution >= 4 is 39.1 Å². The topological polar surface area (TPSA) is 86.8 Å². The molecule has 0 unspecified atom stereocenters. The first-order valence-corrected chi connectivity index (χ1v) is 11.8. The van der Waals surface area contributed by atoms with Crippen LogP contribution in [-0.4, -0.2) is 51.0 Å². The van der Waals surface area contributed by atoms with Crippen LogP contribution in [0.4, 0.5) is 10.1 Å². The Kier molecular flexibility index (Phi) is 8.41. The summed E-state index contributed by atoms with van der Waals surface area (Å²) in [6, 6.07) is 11.0. The van der Waals surface area contributed by atoms with Gasteiger partial charge in [-0.25, -0.2) is 12.8 Å². The van der Waals surface area contributed by atoms with Gasteiger partial charge in [-0.1, -0.05) is 42.8 Å². The van der Waals surface area contributed by atoms with Gasteiger partial charge in [-0.3, -0.25) is 13.9 Å². The van der Waals surface area contributed by atoms with Crippen LogP contribution in [0.2, 0.25) is 5.02 Å². The molecule has 2 rings (SSSR count). The number of benzene rings is 2. The molecule has 0 bridgehead atoms. The molecule has 1 N–H and O–H groups in total. The van der Waals surface area contributed by atoms with Crippen molar-refractivity contribution in [3.63, 3.8) is 0 Å². The van der Waals surface area contributed by atoms with Crippen molar-refractivity contribution in [2.24, 2.45) is 0 Å². The van der Waals surface area contributed by atoms with Crippen molar-refractivity contribution in [1.29, 1.82) is 0 Å². The van der Waals surface area contributed by atoms with Crippen molar-refractivity contribution < 1.29 is 22.4 Å². The number of hydrogen-bond acceptors (Lipinski definition) is 4. The highest BCUT2D eigenvalue weighted by Gasteiger charge is 2.31. The van der Waals surface area contributed by atoms with Gasteiger partial charge in [0.25, 0.3) is 0 Å². The fourth-order valence-corrected chi connectivity index (χ4v) is 4.18. The Balaban J connectivity index is 2.44. The quantitative estimate of drug-likeness (QED) is 0.611. The summed E-state index contributed by atoms with van der Waals surface area (Å²) in [4.78, 5) is 27.0. The fourth-order valence-electron chi connectivity index (χ4n) is 3.14. The second-order valence-corrected chi connectivity index (χ2v) is 9.21. The molecule has 0 saturated carbocycles. The van der Waals surface area contributed by atoms with E-state index >= 15 is 0 Å². The van der Waals surface area contributed by atoms with Gasteiger partial charge in [0.2, 0.25) is 21.8 Å². The number of sulfonamides is 1. The Morgan fingerprint density at radius 2 is 1.84 bits per heavy atom. The molecule has 2 aromatic carbocycles. The molecule has 0 spiro atoms. The zero-order chi connectivity index (χ0) is 23.2. The van der Waals surface area contributed by atoms with Crippen LogP contribution in [0.5, 0.6) is 0 Å². The van der Waals surface area contributed by atoms with E-state index in [0.29, 0.717) is 17.0 Å². The molecule has 0 aromatic heterocycles. The normalized spacial score (nSPS) is 12.2. The molecule has 0 saturated heterocycles. The summed E-state index contributed by atoms with van der Waals surface area (Å²) in [6.07, 6.45) is 1.23. The zero-order valence-electron chi connectivity index (χ0n) is 17.5. The van der Waals surface area contributed by atoms with Gasteiger partial charge in [0, 0.05) is 18.6 Å². The third-order valence-corrected chi connectivity index (χ3v) is 6.22. The molecular weight excluding hydrogens is 445 g/mol.